The summed E-state index contributed by atoms with van der Waals surface area (Å²) in [6, 6.07) is 1.46. The molecule has 2 aliphatic carbocycles. The number of methoxy groups -OCH3 is 1. The smallest absolute Gasteiger partial charge is 0.316 e. The van der Waals surface area contributed by atoms with Gasteiger partial charge in [0.15, 0.2) is 11.5 Å². The molecule has 2 bridgehead atoms. The Hall–Kier alpha value is -2.63. The second kappa shape index (κ2) is 5.19. The Balaban J connectivity index is 2.07. The Bertz CT molecular complexity index is 923. The van der Waals surface area contributed by atoms with Gasteiger partial charge in [0.05, 0.1) is 18.1 Å². The molecule has 0 amide bonds. The first-order chi connectivity index (χ1) is 12.2. The summed E-state index contributed by atoms with van der Waals surface area (Å²) >= 11 is 0. The average Bonchev–Trinajstić information content (AvgIpc) is 2.58. The van der Waals surface area contributed by atoms with Crippen molar-refractivity contribution in [1.29, 1.82) is 0 Å². The molecule has 136 valence electrons. The summed E-state index contributed by atoms with van der Waals surface area (Å²) in [6.07, 6.45) is 0.578. The second-order valence-corrected chi connectivity index (χ2v) is 7.63. The van der Waals surface area contributed by atoms with Crippen LogP contribution in [0.25, 0.3) is 0 Å². The molecule has 2 heterocycles. The SMILES string of the molecule is COC1=C(C(C)C)C(=O)c2c(O)cc3c(c2C1=O)[C@@H]1CC[C@@]3(C)C(=O)O1. The normalized spacial score (nSPS) is 26.8. The lowest BCUT2D eigenvalue weighted by Gasteiger charge is -2.45. The molecular formula is C20H20O6. The number of rotatable bonds is 2. The maximum atomic E-state index is 13.2. The van der Waals surface area contributed by atoms with Crippen LogP contribution in [0.2, 0.25) is 0 Å². The van der Waals surface area contributed by atoms with Crippen LogP contribution in [0.3, 0.4) is 0 Å². The zero-order valence-corrected chi connectivity index (χ0v) is 15.1. The second-order valence-electron chi connectivity index (χ2n) is 7.63. The van der Waals surface area contributed by atoms with E-state index in [0.717, 1.165) is 0 Å². The minimum atomic E-state index is -0.921. The molecule has 0 radical (unpaired) electrons. The molecule has 0 aromatic heterocycles. The van der Waals surface area contributed by atoms with Gasteiger partial charge in [0.25, 0.3) is 0 Å². The highest BCUT2D eigenvalue weighted by molar-refractivity contribution is 6.28. The molecule has 1 N–H and O–H groups in total. The number of allylic oxidation sites excluding steroid dienone is 2. The van der Waals surface area contributed by atoms with E-state index in [-0.39, 0.29) is 40.1 Å². The standard InChI is InChI=1S/C20H20O6/c1-8(2)12-16(22)14-10(21)7-9-13(15(14)17(23)18(12)25-4)11-5-6-20(9,3)19(24)26-11/h7-8,11,21H,5-6H2,1-4H3/t11-,20+/m0/s1. The Labute approximate surface area is 150 Å². The van der Waals surface area contributed by atoms with Crippen molar-refractivity contribution in [3.05, 3.63) is 39.7 Å². The van der Waals surface area contributed by atoms with Crippen molar-refractivity contribution < 1.29 is 29.0 Å². The lowest BCUT2D eigenvalue weighted by atomic mass is 9.64. The summed E-state index contributed by atoms with van der Waals surface area (Å²) in [5.74, 6) is -1.72. The molecular weight excluding hydrogens is 336 g/mol. The van der Waals surface area contributed by atoms with E-state index in [1.807, 2.05) is 0 Å². The molecule has 1 aromatic rings. The fourth-order valence-electron chi connectivity index (χ4n) is 4.43. The van der Waals surface area contributed by atoms with Crippen LogP contribution in [-0.4, -0.2) is 29.8 Å². The largest absolute Gasteiger partial charge is 0.507 e. The highest BCUT2D eigenvalue weighted by Gasteiger charge is 2.53. The summed E-state index contributed by atoms with van der Waals surface area (Å²) < 4.78 is 10.8. The van der Waals surface area contributed by atoms with E-state index in [2.05, 4.69) is 0 Å². The number of Topliss-reactive ketones (excluding diaryl/α,β-unsaturated/α-hetero) is 2. The van der Waals surface area contributed by atoms with Gasteiger partial charge in [-0.25, -0.2) is 0 Å². The monoisotopic (exact) mass is 356 g/mol. The maximum absolute atomic E-state index is 13.2. The van der Waals surface area contributed by atoms with Crippen LogP contribution in [0.4, 0.5) is 0 Å². The minimum absolute atomic E-state index is 0.00299. The van der Waals surface area contributed by atoms with E-state index in [1.165, 1.54) is 13.2 Å². The molecule has 26 heavy (non-hydrogen) atoms. The Kier molecular flexibility index (Phi) is 3.36. The Morgan fingerprint density at radius 2 is 1.92 bits per heavy atom. The number of benzene rings is 1. The molecule has 2 atom stereocenters. The van der Waals surface area contributed by atoms with Crippen molar-refractivity contribution in [1.82, 2.24) is 0 Å². The van der Waals surface area contributed by atoms with Gasteiger partial charge in [-0.15, -0.1) is 0 Å². The zero-order valence-electron chi connectivity index (χ0n) is 15.1. The number of esters is 1. The minimum Gasteiger partial charge on any atom is -0.507 e. The molecule has 0 saturated carbocycles. The van der Waals surface area contributed by atoms with Gasteiger partial charge in [-0.2, -0.15) is 0 Å². The van der Waals surface area contributed by atoms with E-state index in [0.29, 0.717) is 24.0 Å². The molecule has 2 aliphatic heterocycles. The molecule has 1 aromatic carbocycles. The van der Waals surface area contributed by atoms with Crippen LogP contribution in [-0.2, 0) is 19.7 Å². The summed E-state index contributed by atoms with van der Waals surface area (Å²) in [5.41, 5.74) is 0.562. The van der Waals surface area contributed by atoms with E-state index in [9.17, 15) is 19.5 Å². The van der Waals surface area contributed by atoms with E-state index in [4.69, 9.17) is 9.47 Å². The number of hydrogen-bond donors (Lipinski definition) is 1. The first kappa shape index (κ1) is 16.8. The molecule has 1 saturated heterocycles. The topological polar surface area (TPSA) is 89.9 Å². The lowest BCUT2D eigenvalue weighted by Crippen LogP contribution is -2.47. The third-order valence-electron chi connectivity index (χ3n) is 5.80. The predicted molar refractivity (Wildman–Crippen MR) is 91.1 cm³/mol. The Morgan fingerprint density at radius 1 is 1.23 bits per heavy atom. The van der Waals surface area contributed by atoms with Crippen molar-refractivity contribution >= 4 is 17.5 Å². The number of carbonyl (C=O) groups is 3. The molecule has 0 spiro atoms. The third-order valence-corrected chi connectivity index (χ3v) is 5.80. The van der Waals surface area contributed by atoms with Crippen molar-refractivity contribution in [2.45, 2.75) is 45.1 Å². The molecule has 0 unspecified atom stereocenters. The lowest BCUT2D eigenvalue weighted by molar-refractivity contribution is -0.166. The van der Waals surface area contributed by atoms with Crippen LogP contribution < -0.4 is 0 Å². The zero-order chi connectivity index (χ0) is 19.0. The van der Waals surface area contributed by atoms with Gasteiger partial charge in [0.2, 0.25) is 5.78 Å². The highest BCUT2D eigenvalue weighted by Crippen LogP contribution is 2.54. The number of carbonyl (C=O) groups excluding carboxylic acids is 3. The van der Waals surface area contributed by atoms with Crippen LogP contribution in [0, 0.1) is 5.92 Å². The quantitative estimate of drug-likeness (QED) is 0.820. The number of aromatic hydroxyl groups is 1. The summed E-state index contributed by atoms with van der Waals surface area (Å²) in [5, 5.41) is 10.6. The average molecular weight is 356 g/mol. The van der Waals surface area contributed by atoms with E-state index in [1.54, 1.807) is 20.8 Å². The van der Waals surface area contributed by atoms with Crippen molar-refractivity contribution in [2.24, 2.45) is 5.92 Å². The van der Waals surface area contributed by atoms with Crippen molar-refractivity contribution in [3.8, 4) is 5.75 Å². The molecule has 4 aliphatic rings. The van der Waals surface area contributed by atoms with Crippen molar-refractivity contribution in [3.63, 3.8) is 0 Å². The van der Waals surface area contributed by atoms with E-state index < -0.39 is 23.1 Å². The fourth-order valence-corrected chi connectivity index (χ4v) is 4.43. The first-order valence-electron chi connectivity index (χ1n) is 8.71. The van der Waals surface area contributed by atoms with Gasteiger partial charge in [-0.05, 0) is 37.3 Å². The van der Waals surface area contributed by atoms with Gasteiger partial charge in [0, 0.05) is 16.7 Å². The van der Waals surface area contributed by atoms with Gasteiger partial charge >= 0.3 is 5.97 Å². The highest BCUT2D eigenvalue weighted by atomic mass is 16.5. The number of hydrogen-bond acceptors (Lipinski definition) is 6. The van der Waals surface area contributed by atoms with E-state index >= 15 is 0 Å². The fraction of sp³-hybridized carbons (Fsp3) is 0.450. The molecule has 6 nitrogen and oxygen atoms in total. The van der Waals surface area contributed by atoms with Crippen LogP contribution in [0.5, 0.6) is 5.75 Å². The number of ketones is 2. The number of phenols is 1. The first-order valence-corrected chi connectivity index (χ1v) is 8.71. The number of ether oxygens (including phenoxy) is 2. The molecule has 1 fully saturated rings. The number of phenolic OH excluding ortho intramolecular Hbond substituents is 1. The van der Waals surface area contributed by atoms with Gasteiger partial charge < -0.3 is 14.6 Å². The number of fused-ring (bicyclic) bond motifs is 3. The van der Waals surface area contributed by atoms with Crippen molar-refractivity contribution in [2.75, 3.05) is 7.11 Å². The van der Waals surface area contributed by atoms with Gasteiger partial charge in [0.1, 0.15) is 11.9 Å². The van der Waals surface area contributed by atoms with Gasteiger partial charge in [-0.3, -0.25) is 14.4 Å². The van der Waals surface area contributed by atoms with Crippen LogP contribution in [0.1, 0.15) is 71.6 Å². The summed E-state index contributed by atoms with van der Waals surface area (Å²) in [4.78, 5) is 38.6. The predicted octanol–water partition coefficient (Wildman–Crippen LogP) is 2.98. The summed E-state index contributed by atoms with van der Waals surface area (Å²) in [6.45, 7) is 5.34. The third kappa shape index (κ3) is 1.84. The van der Waals surface area contributed by atoms with Crippen LogP contribution in [0.15, 0.2) is 17.4 Å². The van der Waals surface area contributed by atoms with Crippen LogP contribution >= 0.6 is 0 Å². The maximum Gasteiger partial charge on any atom is 0.316 e. The van der Waals surface area contributed by atoms with Gasteiger partial charge in [-0.1, -0.05) is 13.8 Å². The molecule has 5 rings (SSSR count). The molecule has 6 heteroatoms. The summed E-state index contributed by atoms with van der Waals surface area (Å²) in [7, 11) is 1.36. The Morgan fingerprint density at radius 3 is 2.50 bits per heavy atom.